The van der Waals surface area contributed by atoms with E-state index in [4.69, 9.17) is 9.47 Å². The van der Waals surface area contributed by atoms with Crippen LogP contribution in [0.5, 0.6) is 0 Å². The fourth-order valence-corrected chi connectivity index (χ4v) is 1.91. The van der Waals surface area contributed by atoms with Gasteiger partial charge in [0.15, 0.2) is 6.10 Å². The predicted molar refractivity (Wildman–Crippen MR) is 53.8 cm³/mol. The minimum atomic E-state index is -0.308. The monoisotopic (exact) mass is 256 g/mol. The highest BCUT2D eigenvalue weighted by Gasteiger charge is 2.23. The van der Waals surface area contributed by atoms with Gasteiger partial charge in [0, 0.05) is 10.0 Å². The van der Waals surface area contributed by atoms with Crippen molar-refractivity contribution in [2.45, 2.75) is 6.10 Å². The van der Waals surface area contributed by atoms with Gasteiger partial charge in [-0.1, -0.05) is 34.1 Å². The van der Waals surface area contributed by atoms with Crippen molar-refractivity contribution in [1.82, 2.24) is 0 Å². The number of carbonyl (C=O) groups excluding carboxylic acids is 1. The van der Waals surface area contributed by atoms with Crippen LogP contribution in [0.25, 0.3) is 0 Å². The summed E-state index contributed by atoms with van der Waals surface area (Å²) in [7, 11) is 0. The Morgan fingerprint density at radius 3 is 2.86 bits per heavy atom. The molecule has 0 radical (unpaired) electrons. The molecule has 0 spiro atoms. The van der Waals surface area contributed by atoms with E-state index in [1.54, 1.807) is 0 Å². The zero-order chi connectivity index (χ0) is 9.97. The second-order valence-electron chi connectivity index (χ2n) is 3.02. The van der Waals surface area contributed by atoms with E-state index in [0.29, 0.717) is 6.61 Å². The second-order valence-corrected chi connectivity index (χ2v) is 3.87. The van der Waals surface area contributed by atoms with E-state index in [1.807, 2.05) is 24.3 Å². The number of hydrogen-bond acceptors (Lipinski definition) is 3. The smallest absolute Gasteiger partial charge is 0.332 e. The third-order valence-electron chi connectivity index (χ3n) is 2.01. The topological polar surface area (TPSA) is 35.5 Å². The fraction of sp³-hybridized carbons (Fsp3) is 0.300. The van der Waals surface area contributed by atoms with Crippen LogP contribution in [0.1, 0.15) is 11.7 Å². The highest BCUT2D eigenvalue weighted by molar-refractivity contribution is 9.10. The van der Waals surface area contributed by atoms with Crippen LogP contribution in [0.2, 0.25) is 0 Å². The Hall–Kier alpha value is -0.870. The Morgan fingerprint density at radius 2 is 2.14 bits per heavy atom. The minimum Gasteiger partial charge on any atom is -0.453 e. The largest absolute Gasteiger partial charge is 0.453 e. The Balaban J connectivity index is 2.22. The molecule has 1 heterocycles. The number of rotatable bonds is 1. The Bertz CT molecular complexity index is 351. The zero-order valence-electron chi connectivity index (χ0n) is 7.40. The first-order valence-corrected chi connectivity index (χ1v) is 5.08. The minimum absolute atomic E-state index is 0.0565. The van der Waals surface area contributed by atoms with Gasteiger partial charge in [-0.3, -0.25) is 0 Å². The molecule has 1 aromatic carbocycles. The average Bonchev–Trinajstić information content (AvgIpc) is 2.18. The van der Waals surface area contributed by atoms with E-state index in [0.717, 1.165) is 10.0 Å². The van der Waals surface area contributed by atoms with Crippen molar-refractivity contribution >= 4 is 21.9 Å². The van der Waals surface area contributed by atoms with E-state index < -0.39 is 0 Å². The molecule has 1 saturated heterocycles. The lowest BCUT2D eigenvalue weighted by Crippen LogP contribution is -2.27. The number of halogens is 1. The highest BCUT2D eigenvalue weighted by atomic mass is 79.9. The summed E-state index contributed by atoms with van der Waals surface area (Å²) in [6, 6.07) is 7.65. The molecule has 1 aliphatic heterocycles. The van der Waals surface area contributed by atoms with Gasteiger partial charge in [-0.2, -0.15) is 0 Å². The summed E-state index contributed by atoms with van der Waals surface area (Å²) in [5.41, 5.74) is 0.945. The third-order valence-corrected chi connectivity index (χ3v) is 2.74. The van der Waals surface area contributed by atoms with Gasteiger partial charge in [-0.25, -0.2) is 4.79 Å². The molecule has 74 valence electrons. The van der Waals surface area contributed by atoms with Gasteiger partial charge >= 0.3 is 5.97 Å². The van der Waals surface area contributed by atoms with Crippen molar-refractivity contribution in [3.05, 3.63) is 34.3 Å². The third kappa shape index (κ3) is 1.96. The molecule has 1 unspecified atom stereocenters. The summed E-state index contributed by atoms with van der Waals surface area (Å²) < 4.78 is 11.2. The predicted octanol–water partition coefficient (Wildman–Crippen LogP) is 2.06. The van der Waals surface area contributed by atoms with Crippen LogP contribution in [-0.2, 0) is 14.3 Å². The molecule has 0 aliphatic carbocycles. The highest BCUT2D eigenvalue weighted by Crippen LogP contribution is 2.27. The second kappa shape index (κ2) is 4.11. The van der Waals surface area contributed by atoms with E-state index in [9.17, 15) is 4.79 Å². The first-order valence-electron chi connectivity index (χ1n) is 4.29. The molecule has 0 amide bonds. The van der Waals surface area contributed by atoms with Gasteiger partial charge in [0.05, 0.1) is 6.61 Å². The first-order chi connectivity index (χ1) is 6.77. The Kier molecular flexibility index (Phi) is 2.84. The molecule has 0 saturated carbocycles. The maximum absolute atomic E-state index is 11.0. The molecular weight excluding hydrogens is 248 g/mol. The van der Waals surface area contributed by atoms with Crippen molar-refractivity contribution in [1.29, 1.82) is 0 Å². The molecule has 2 rings (SSSR count). The van der Waals surface area contributed by atoms with Gasteiger partial charge in [-0.05, 0) is 6.07 Å². The normalized spacial score (nSPS) is 21.8. The van der Waals surface area contributed by atoms with Crippen molar-refractivity contribution < 1.29 is 14.3 Å². The number of cyclic esters (lactones) is 1. The molecule has 14 heavy (non-hydrogen) atoms. The van der Waals surface area contributed by atoms with Gasteiger partial charge in [0.2, 0.25) is 0 Å². The van der Waals surface area contributed by atoms with Crippen molar-refractivity contribution in [2.24, 2.45) is 0 Å². The lowest BCUT2D eigenvalue weighted by molar-refractivity contribution is -0.170. The standard InChI is InChI=1S/C10H9BrO3/c11-8-4-2-1-3-7(8)9-5-13-6-10(12)14-9/h1-4,9H,5-6H2. The number of benzene rings is 1. The molecule has 1 aliphatic rings. The molecule has 0 bridgehead atoms. The maximum Gasteiger partial charge on any atom is 0.332 e. The fourth-order valence-electron chi connectivity index (χ4n) is 1.37. The van der Waals surface area contributed by atoms with E-state index in [-0.39, 0.29) is 18.7 Å². The number of hydrogen-bond donors (Lipinski definition) is 0. The van der Waals surface area contributed by atoms with Crippen LogP contribution in [0.15, 0.2) is 28.7 Å². The lowest BCUT2D eigenvalue weighted by Gasteiger charge is -2.23. The van der Waals surface area contributed by atoms with Crippen molar-refractivity contribution in [3.63, 3.8) is 0 Å². The van der Waals surface area contributed by atoms with Gasteiger partial charge in [0.1, 0.15) is 6.61 Å². The summed E-state index contributed by atoms with van der Waals surface area (Å²) in [6.45, 7) is 0.481. The van der Waals surface area contributed by atoms with E-state index in [1.165, 1.54) is 0 Å². The summed E-state index contributed by atoms with van der Waals surface area (Å²) in [4.78, 5) is 11.0. The zero-order valence-corrected chi connectivity index (χ0v) is 8.99. The number of ether oxygens (including phenoxy) is 2. The van der Waals surface area contributed by atoms with Gasteiger partial charge in [-0.15, -0.1) is 0 Å². The molecule has 1 fully saturated rings. The van der Waals surface area contributed by atoms with Gasteiger partial charge in [0.25, 0.3) is 0 Å². The maximum atomic E-state index is 11.0. The SMILES string of the molecule is O=C1COCC(c2ccccc2Br)O1. The van der Waals surface area contributed by atoms with Crippen LogP contribution in [-0.4, -0.2) is 19.2 Å². The molecule has 0 N–H and O–H groups in total. The molecular formula is C10H9BrO3. The molecule has 4 heteroatoms. The summed E-state index contributed by atoms with van der Waals surface area (Å²) >= 11 is 3.40. The van der Waals surface area contributed by atoms with Crippen LogP contribution >= 0.6 is 15.9 Å². The quantitative estimate of drug-likeness (QED) is 0.722. The number of carbonyl (C=O) groups is 1. The Morgan fingerprint density at radius 1 is 1.36 bits per heavy atom. The molecule has 3 nitrogen and oxygen atoms in total. The first kappa shape index (κ1) is 9.68. The summed E-state index contributed by atoms with van der Waals surface area (Å²) in [6.07, 6.45) is -0.285. The Labute approximate surface area is 90.1 Å². The van der Waals surface area contributed by atoms with Gasteiger partial charge < -0.3 is 9.47 Å². The molecule has 1 aromatic rings. The van der Waals surface area contributed by atoms with Crippen LogP contribution < -0.4 is 0 Å². The molecule has 0 aromatic heterocycles. The summed E-state index contributed by atoms with van der Waals surface area (Å²) in [5.74, 6) is -0.308. The van der Waals surface area contributed by atoms with Crippen molar-refractivity contribution in [2.75, 3.05) is 13.2 Å². The van der Waals surface area contributed by atoms with Crippen LogP contribution in [0, 0.1) is 0 Å². The van der Waals surface area contributed by atoms with Crippen molar-refractivity contribution in [3.8, 4) is 0 Å². The molecule has 1 atom stereocenters. The van der Waals surface area contributed by atoms with E-state index in [2.05, 4.69) is 15.9 Å². The lowest BCUT2D eigenvalue weighted by atomic mass is 10.1. The number of esters is 1. The van der Waals surface area contributed by atoms with Crippen LogP contribution in [0.4, 0.5) is 0 Å². The average molecular weight is 257 g/mol. The van der Waals surface area contributed by atoms with E-state index >= 15 is 0 Å². The summed E-state index contributed by atoms with van der Waals surface area (Å²) in [5, 5.41) is 0. The van der Waals surface area contributed by atoms with Crippen LogP contribution in [0.3, 0.4) is 0 Å².